The van der Waals surface area contributed by atoms with Gasteiger partial charge in [0, 0.05) is 31.7 Å². The van der Waals surface area contributed by atoms with E-state index >= 15 is 0 Å². The first-order valence-electron chi connectivity index (χ1n) is 10.4. The van der Waals surface area contributed by atoms with Gasteiger partial charge in [0.15, 0.2) is 0 Å². The van der Waals surface area contributed by atoms with Crippen LogP contribution in [-0.2, 0) is 10.3 Å². The largest absolute Gasteiger partial charge is 0.490 e. The smallest absolute Gasteiger partial charge is 0.125 e. The molecule has 1 saturated carbocycles. The minimum absolute atomic E-state index is 0.229. The standard InChI is InChI=1S/C22H35NO3/c1-25-16-7-6-14-22(24,18-9-8-15-23-17-18)20-12-4-5-13-21(20)26-19-10-2-3-11-19/h4-5,12-13,18-19,23-24H,2-3,6-11,14-17H2,1H3/t18-,22?/m1/s1. The van der Waals surface area contributed by atoms with E-state index in [1.54, 1.807) is 7.11 Å². The number of ether oxygens (including phenoxy) is 2. The summed E-state index contributed by atoms with van der Waals surface area (Å²) in [6.45, 7) is 2.67. The van der Waals surface area contributed by atoms with Crippen molar-refractivity contribution in [3.8, 4) is 5.75 Å². The average Bonchev–Trinajstić information content (AvgIpc) is 3.19. The number of piperidine rings is 1. The van der Waals surface area contributed by atoms with Gasteiger partial charge >= 0.3 is 0 Å². The van der Waals surface area contributed by atoms with Crippen molar-refractivity contribution in [3.05, 3.63) is 29.8 Å². The quantitative estimate of drug-likeness (QED) is 0.653. The van der Waals surface area contributed by atoms with Gasteiger partial charge in [-0.15, -0.1) is 0 Å². The Bertz CT molecular complexity index is 538. The van der Waals surface area contributed by atoms with Crippen LogP contribution in [0.15, 0.2) is 24.3 Å². The van der Waals surface area contributed by atoms with Crippen molar-refractivity contribution in [3.63, 3.8) is 0 Å². The number of para-hydroxylation sites is 1. The molecular formula is C22H35NO3. The van der Waals surface area contributed by atoms with E-state index in [0.29, 0.717) is 6.10 Å². The highest BCUT2D eigenvalue weighted by Crippen LogP contribution is 2.43. The molecule has 0 spiro atoms. The highest BCUT2D eigenvalue weighted by Gasteiger charge is 2.40. The lowest BCUT2D eigenvalue weighted by atomic mass is 9.74. The van der Waals surface area contributed by atoms with Crippen LogP contribution >= 0.6 is 0 Å². The highest BCUT2D eigenvalue weighted by molar-refractivity contribution is 5.39. The molecule has 1 aromatic carbocycles. The van der Waals surface area contributed by atoms with Crippen LogP contribution in [-0.4, -0.2) is 38.0 Å². The van der Waals surface area contributed by atoms with Crippen LogP contribution in [0.5, 0.6) is 5.75 Å². The van der Waals surface area contributed by atoms with Gasteiger partial charge in [0.05, 0.1) is 11.7 Å². The molecule has 1 aromatic rings. The van der Waals surface area contributed by atoms with Crippen LogP contribution in [0.1, 0.15) is 63.4 Å². The molecule has 3 rings (SSSR count). The summed E-state index contributed by atoms with van der Waals surface area (Å²) in [5, 5.41) is 15.4. The molecule has 2 atom stereocenters. The first-order chi connectivity index (χ1) is 12.7. The number of benzene rings is 1. The molecule has 2 aliphatic rings. The van der Waals surface area contributed by atoms with Gasteiger partial charge in [-0.2, -0.15) is 0 Å². The normalized spacial score (nSPS) is 23.7. The minimum atomic E-state index is -0.837. The Morgan fingerprint density at radius 2 is 1.92 bits per heavy atom. The molecule has 0 aromatic heterocycles. The third-order valence-corrected chi connectivity index (χ3v) is 6.08. The number of nitrogens with one attached hydrogen (secondary N) is 1. The number of unbranched alkanes of at least 4 members (excludes halogenated alkanes) is 1. The molecule has 2 N–H and O–H groups in total. The van der Waals surface area contributed by atoms with Crippen LogP contribution in [0.25, 0.3) is 0 Å². The van der Waals surface area contributed by atoms with E-state index < -0.39 is 5.60 Å². The summed E-state index contributed by atoms with van der Waals surface area (Å²) in [5.74, 6) is 1.12. The van der Waals surface area contributed by atoms with E-state index in [4.69, 9.17) is 9.47 Å². The van der Waals surface area contributed by atoms with Gasteiger partial charge in [-0.05, 0) is 70.4 Å². The monoisotopic (exact) mass is 361 g/mol. The number of methoxy groups -OCH3 is 1. The molecule has 2 fully saturated rings. The molecule has 26 heavy (non-hydrogen) atoms. The highest BCUT2D eigenvalue weighted by atomic mass is 16.5. The summed E-state index contributed by atoms with van der Waals surface area (Å²) in [6.07, 6.45) is 9.94. The van der Waals surface area contributed by atoms with Crippen LogP contribution in [0, 0.1) is 5.92 Å². The summed E-state index contributed by atoms with van der Waals surface area (Å²) in [5.41, 5.74) is 0.147. The Labute approximate surface area is 158 Å². The second-order valence-corrected chi connectivity index (χ2v) is 7.94. The van der Waals surface area contributed by atoms with Gasteiger partial charge in [0.25, 0.3) is 0 Å². The fourth-order valence-electron chi connectivity index (χ4n) is 4.57. The van der Waals surface area contributed by atoms with E-state index in [2.05, 4.69) is 11.4 Å². The maximum absolute atomic E-state index is 11.9. The summed E-state index contributed by atoms with van der Waals surface area (Å²) in [7, 11) is 1.74. The maximum atomic E-state index is 11.9. The number of hydrogen-bond acceptors (Lipinski definition) is 4. The van der Waals surface area contributed by atoms with Crippen LogP contribution in [0.3, 0.4) is 0 Å². The number of aliphatic hydroxyl groups is 1. The molecule has 0 bridgehead atoms. The van der Waals surface area contributed by atoms with E-state index in [9.17, 15) is 5.11 Å². The molecule has 1 aliphatic heterocycles. The molecule has 0 amide bonds. The van der Waals surface area contributed by atoms with Crippen molar-refractivity contribution in [2.75, 3.05) is 26.8 Å². The van der Waals surface area contributed by atoms with Crippen LogP contribution in [0.2, 0.25) is 0 Å². The molecule has 1 aliphatic carbocycles. The molecule has 4 nitrogen and oxygen atoms in total. The van der Waals surface area contributed by atoms with Gasteiger partial charge < -0.3 is 19.9 Å². The summed E-state index contributed by atoms with van der Waals surface area (Å²) in [4.78, 5) is 0. The second-order valence-electron chi connectivity index (χ2n) is 7.94. The number of rotatable bonds is 9. The van der Waals surface area contributed by atoms with Gasteiger partial charge in [-0.3, -0.25) is 0 Å². The Morgan fingerprint density at radius 3 is 2.65 bits per heavy atom. The zero-order valence-corrected chi connectivity index (χ0v) is 16.2. The molecule has 4 heteroatoms. The maximum Gasteiger partial charge on any atom is 0.125 e. The third kappa shape index (κ3) is 4.79. The Kier molecular flexibility index (Phi) is 7.35. The first-order valence-corrected chi connectivity index (χ1v) is 10.4. The predicted octanol–water partition coefficient (Wildman–Crippen LogP) is 4.01. The fourth-order valence-corrected chi connectivity index (χ4v) is 4.57. The second kappa shape index (κ2) is 9.72. The predicted molar refractivity (Wildman–Crippen MR) is 105 cm³/mol. The molecule has 1 unspecified atom stereocenters. The summed E-state index contributed by atoms with van der Waals surface area (Å²) < 4.78 is 11.6. The molecule has 0 radical (unpaired) electrons. The zero-order valence-electron chi connectivity index (χ0n) is 16.2. The fraction of sp³-hybridized carbons (Fsp3) is 0.727. The minimum Gasteiger partial charge on any atom is -0.490 e. The first kappa shape index (κ1) is 19.7. The van der Waals surface area contributed by atoms with E-state index in [0.717, 1.165) is 76.0 Å². The summed E-state index contributed by atoms with van der Waals surface area (Å²) in [6, 6.07) is 8.19. The molecule has 146 valence electrons. The van der Waals surface area contributed by atoms with Gasteiger partial charge in [-0.25, -0.2) is 0 Å². The molecular weight excluding hydrogens is 326 g/mol. The molecule has 1 saturated heterocycles. The lowest BCUT2D eigenvalue weighted by molar-refractivity contribution is -0.0459. The van der Waals surface area contributed by atoms with Gasteiger partial charge in [0.2, 0.25) is 0 Å². The topological polar surface area (TPSA) is 50.7 Å². The van der Waals surface area contributed by atoms with Crippen molar-refractivity contribution in [1.29, 1.82) is 0 Å². The van der Waals surface area contributed by atoms with Crippen molar-refractivity contribution in [2.45, 2.75) is 69.5 Å². The van der Waals surface area contributed by atoms with Crippen molar-refractivity contribution in [2.24, 2.45) is 5.92 Å². The Morgan fingerprint density at radius 1 is 1.12 bits per heavy atom. The van der Waals surface area contributed by atoms with Crippen molar-refractivity contribution >= 4 is 0 Å². The number of hydrogen-bond donors (Lipinski definition) is 2. The van der Waals surface area contributed by atoms with E-state index in [1.165, 1.54) is 12.8 Å². The lowest BCUT2D eigenvalue weighted by Gasteiger charge is -2.40. The van der Waals surface area contributed by atoms with Crippen LogP contribution in [0.4, 0.5) is 0 Å². The van der Waals surface area contributed by atoms with Gasteiger partial charge in [-0.1, -0.05) is 18.2 Å². The average molecular weight is 362 g/mol. The summed E-state index contributed by atoms with van der Waals surface area (Å²) >= 11 is 0. The van der Waals surface area contributed by atoms with Gasteiger partial charge in [0.1, 0.15) is 5.75 Å². The van der Waals surface area contributed by atoms with Crippen LogP contribution < -0.4 is 10.1 Å². The molecule has 1 heterocycles. The Hall–Kier alpha value is -1.10. The SMILES string of the molecule is COCCCCC(O)(c1ccccc1OC1CCCC1)[C@@H]1CCCNC1. The lowest BCUT2D eigenvalue weighted by Crippen LogP contribution is -2.44. The van der Waals surface area contributed by atoms with Crippen molar-refractivity contribution < 1.29 is 14.6 Å². The van der Waals surface area contributed by atoms with Crippen molar-refractivity contribution in [1.82, 2.24) is 5.32 Å². The Balaban J connectivity index is 1.82. The zero-order chi connectivity index (χ0) is 18.2. The van der Waals surface area contributed by atoms with E-state index in [-0.39, 0.29) is 5.92 Å². The third-order valence-electron chi connectivity index (χ3n) is 6.08. The van der Waals surface area contributed by atoms with E-state index in [1.807, 2.05) is 18.2 Å².